The number of rotatable bonds is 5. The first kappa shape index (κ1) is 24.1. The number of thiophene rings is 1. The van der Waals surface area contributed by atoms with Gasteiger partial charge in [-0.05, 0) is 43.4 Å². The van der Waals surface area contributed by atoms with Gasteiger partial charge in [-0.15, -0.1) is 11.3 Å². The first-order valence-corrected chi connectivity index (χ1v) is 14.3. The summed E-state index contributed by atoms with van der Waals surface area (Å²) in [5.41, 5.74) is 2.52. The number of hydrogen-bond donors (Lipinski definition) is 0. The van der Waals surface area contributed by atoms with Crippen LogP contribution in [0, 0.1) is 12.8 Å². The lowest BCUT2D eigenvalue weighted by Crippen LogP contribution is -2.45. The fourth-order valence-electron chi connectivity index (χ4n) is 4.83. The maximum atomic E-state index is 13.5. The normalized spacial score (nSPS) is 17.7. The Morgan fingerprint density at radius 3 is 2.54 bits per heavy atom. The highest BCUT2D eigenvalue weighted by Crippen LogP contribution is 2.35. The minimum atomic E-state index is -3.67. The molecule has 0 saturated carbocycles. The van der Waals surface area contributed by atoms with Crippen LogP contribution >= 0.6 is 11.3 Å². The first-order valence-electron chi connectivity index (χ1n) is 12.0. The molecule has 0 radical (unpaired) electrons. The predicted molar refractivity (Wildman–Crippen MR) is 133 cm³/mol. The lowest BCUT2D eigenvalue weighted by molar-refractivity contribution is -0.137. The molecular weight excluding hydrogens is 484 g/mol. The lowest BCUT2D eigenvalue weighted by atomic mass is 9.94. The van der Waals surface area contributed by atoms with Crippen LogP contribution < -0.4 is 0 Å². The second-order valence-electron chi connectivity index (χ2n) is 9.60. The average Bonchev–Trinajstić information content (AvgIpc) is 3.51. The number of aromatic nitrogens is 2. The van der Waals surface area contributed by atoms with Gasteiger partial charge in [-0.2, -0.15) is 9.29 Å². The summed E-state index contributed by atoms with van der Waals surface area (Å²) in [6, 6.07) is 9.90. The number of carbonyl (C=O) groups excluding carboxylic acids is 1. The first-order chi connectivity index (χ1) is 16.7. The van der Waals surface area contributed by atoms with Crippen molar-refractivity contribution < 1.29 is 17.7 Å². The minimum Gasteiger partial charge on any atom is -0.339 e. The molecule has 0 bridgehead atoms. The van der Waals surface area contributed by atoms with E-state index in [9.17, 15) is 13.2 Å². The van der Waals surface area contributed by atoms with E-state index in [1.54, 1.807) is 13.0 Å². The smallest absolute Gasteiger partial charge is 0.244 e. The molecule has 186 valence electrons. The number of amides is 1. The Hall–Kier alpha value is -2.56. The van der Waals surface area contributed by atoms with Crippen molar-refractivity contribution in [2.24, 2.45) is 5.92 Å². The van der Waals surface area contributed by atoms with Gasteiger partial charge >= 0.3 is 0 Å². The maximum absolute atomic E-state index is 13.5. The van der Waals surface area contributed by atoms with Crippen LogP contribution in [0.3, 0.4) is 0 Å². The van der Waals surface area contributed by atoms with Gasteiger partial charge < -0.3 is 9.42 Å². The van der Waals surface area contributed by atoms with Crippen LogP contribution in [0.4, 0.5) is 0 Å². The number of benzene rings is 1. The zero-order chi connectivity index (χ0) is 24.7. The van der Waals surface area contributed by atoms with Gasteiger partial charge in [-0.1, -0.05) is 43.3 Å². The van der Waals surface area contributed by atoms with E-state index in [0.717, 1.165) is 13.0 Å². The van der Waals surface area contributed by atoms with Crippen molar-refractivity contribution in [1.29, 1.82) is 0 Å². The van der Waals surface area contributed by atoms with Gasteiger partial charge in [0.1, 0.15) is 0 Å². The summed E-state index contributed by atoms with van der Waals surface area (Å²) in [7, 11) is -3.67. The molecule has 1 saturated heterocycles. The second-order valence-corrected chi connectivity index (χ2v) is 12.8. The molecule has 2 aliphatic rings. The van der Waals surface area contributed by atoms with Gasteiger partial charge in [0, 0.05) is 42.9 Å². The molecule has 2 aliphatic heterocycles. The monoisotopic (exact) mass is 514 g/mol. The van der Waals surface area contributed by atoms with E-state index in [-0.39, 0.29) is 22.6 Å². The van der Waals surface area contributed by atoms with Crippen molar-refractivity contribution >= 4 is 27.3 Å². The van der Waals surface area contributed by atoms with Crippen LogP contribution in [-0.4, -0.2) is 53.3 Å². The zero-order valence-electron chi connectivity index (χ0n) is 20.2. The largest absolute Gasteiger partial charge is 0.339 e. The van der Waals surface area contributed by atoms with E-state index >= 15 is 0 Å². The van der Waals surface area contributed by atoms with Crippen LogP contribution in [0.25, 0.3) is 10.7 Å². The summed E-state index contributed by atoms with van der Waals surface area (Å²) < 4.78 is 33.7. The quantitative estimate of drug-likeness (QED) is 0.506. The highest BCUT2D eigenvalue weighted by atomic mass is 32.2. The molecule has 1 amide bonds. The molecule has 35 heavy (non-hydrogen) atoms. The molecule has 0 atom stereocenters. The van der Waals surface area contributed by atoms with E-state index in [1.807, 2.05) is 30.9 Å². The Morgan fingerprint density at radius 2 is 1.86 bits per heavy atom. The third-order valence-electron chi connectivity index (χ3n) is 6.89. The highest BCUT2D eigenvalue weighted by molar-refractivity contribution is 7.89. The lowest BCUT2D eigenvalue weighted by Gasteiger charge is -2.35. The molecule has 0 spiro atoms. The van der Waals surface area contributed by atoms with Crippen molar-refractivity contribution in [3.63, 3.8) is 0 Å². The molecule has 5 rings (SSSR count). The summed E-state index contributed by atoms with van der Waals surface area (Å²) >= 11 is 1.35. The van der Waals surface area contributed by atoms with E-state index < -0.39 is 10.0 Å². The molecular formula is C25H30N4O4S2. The van der Waals surface area contributed by atoms with Crippen LogP contribution in [0.15, 0.2) is 39.8 Å². The van der Waals surface area contributed by atoms with Crippen LogP contribution in [0.1, 0.15) is 54.5 Å². The molecule has 2 aromatic heterocycles. The topological polar surface area (TPSA) is 96.6 Å². The Bertz CT molecular complexity index is 1340. The number of carbonyl (C=O) groups is 1. The molecule has 8 nitrogen and oxygen atoms in total. The van der Waals surface area contributed by atoms with Crippen molar-refractivity contribution in [2.75, 3.05) is 19.6 Å². The molecule has 0 unspecified atom stereocenters. The summed E-state index contributed by atoms with van der Waals surface area (Å²) in [6.07, 6.45) is 1.94. The number of piperidine rings is 1. The Balaban J connectivity index is 1.25. The standard InChI is InChI=1S/C25H30N4O4S2/c1-16(2)24-26-23(27-33-24)21-14-22(17(3)34-21)35(31,32)29-12-9-19(10-13-29)25(30)28-11-8-18-6-4-5-7-20(18)15-28/h4-7,14,16,19H,8-13,15H2,1-3H3. The summed E-state index contributed by atoms with van der Waals surface area (Å²) in [6.45, 7) is 7.77. The van der Waals surface area contributed by atoms with Crippen molar-refractivity contribution in [1.82, 2.24) is 19.3 Å². The Labute approximate surface area is 210 Å². The third kappa shape index (κ3) is 4.66. The third-order valence-corrected chi connectivity index (χ3v) is 10.1. The number of fused-ring (bicyclic) bond motifs is 1. The van der Waals surface area contributed by atoms with Crippen molar-refractivity contribution in [2.45, 2.75) is 57.4 Å². The van der Waals surface area contributed by atoms with E-state index in [2.05, 4.69) is 22.3 Å². The molecule has 3 aromatic rings. The number of sulfonamides is 1. The van der Waals surface area contributed by atoms with E-state index in [1.165, 1.54) is 26.8 Å². The minimum absolute atomic E-state index is 0.101. The molecule has 0 aliphatic carbocycles. The fourth-order valence-corrected chi connectivity index (χ4v) is 7.78. The van der Waals surface area contributed by atoms with E-state index in [4.69, 9.17) is 4.52 Å². The summed E-state index contributed by atoms with van der Waals surface area (Å²) in [4.78, 5) is 21.2. The highest BCUT2D eigenvalue weighted by Gasteiger charge is 2.36. The maximum Gasteiger partial charge on any atom is 0.244 e. The fraction of sp³-hybridized carbons (Fsp3) is 0.480. The summed E-state index contributed by atoms with van der Waals surface area (Å²) in [5.74, 6) is 1.04. The predicted octanol–water partition coefficient (Wildman–Crippen LogP) is 4.22. The number of hydrogen-bond acceptors (Lipinski definition) is 7. The molecule has 1 aromatic carbocycles. The second kappa shape index (κ2) is 9.48. The van der Waals surface area contributed by atoms with Crippen LogP contribution in [0.5, 0.6) is 0 Å². The van der Waals surface area contributed by atoms with Crippen LogP contribution in [0.2, 0.25) is 0 Å². The van der Waals surface area contributed by atoms with Gasteiger partial charge in [0.25, 0.3) is 0 Å². The van der Waals surface area contributed by atoms with Gasteiger partial charge in [0.2, 0.25) is 27.6 Å². The number of aryl methyl sites for hydroxylation is 1. The van der Waals surface area contributed by atoms with Crippen molar-refractivity contribution in [3.05, 3.63) is 52.2 Å². The molecule has 1 fully saturated rings. The van der Waals surface area contributed by atoms with Crippen molar-refractivity contribution in [3.8, 4) is 10.7 Å². The Kier molecular flexibility index (Phi) is 6.54. The van der Waals surface area contributed by atoms with Crippen LogP contribution in [-0.2, 0) is 27.8 Å². The SMILES string of the molecule is Cc1sc(-c2noc(C(C)C)n2)cc1S(=O)(=O)N1CCC(C(=O)N2CCc3ccccc3C2)CC1. The molecule has 10 heteroatoms. The molecule has 4 heterocycles. The average molecular weight is 515 g/mol. The summed E-state index contributed by atoms with van der Waals surface area (Å²) in [5, 5.41) is 4.02. The zero-order valence-corrected chi connectivity index (χ0v) is 21.9. The van der Waals surface area contributed by atoms with Gasteiger partial charge in [0.05, 0.1) is 9.77 Å². The van der Waals surface area contributed by atoms with Gasteiger partial charge in [-0.25, -0.2) is 8.42 Å². The molecule has 0 N–H and O–H groups in total. The number of nitrogens with zero attached hydrogens (tertiary/aromatic N) is 4. The Morgan fingerprint density at radius 1 is 1.14 bits per heavy atom. The van der Waals surface area contributed by atoms with E-state index in [0.29, 0.717) is 53.9 Å². The van der Waals surface area contributed by atoms with Gasteiger partial charge in [0.15, 0.2) is 0 Å². The van der Waals surface area contributed by atoms with Gasteiger partial charge in [-0.3, -0.25) is 4.79 Å².